The number of nitrogen functional groups attached to an aromatic ring is 2. The first-order chi connectivity index (χ1) is 6.85. The number of aromatic nitrogens is 2. The van der Waals surface area contributed by atoms with Crippen molar-refractivity contribution in [2.24, 2.45) is 0 Å². The summed E-state index contributed by atoms with van der Waals surface area (Å²) in [4.78, 5) is 0. The number of anilines is 2. The molecule has 0 spiro atoms. The lowest BCUT2D eigenvalue weighted by Gasteiger charge is -2.04. The molecule has 0 saturated heterocycles. The van der Waals surface area contributed by atoms with E-state index in [9.17, 15) is 8.42 Å². The molecule has 1 aromatic rings. The summed E-state index contributed by atoms with van der Waals surface area (Å²) in [6, 6.07) is 0. The first kappa shape index (κ1) is 11.8. The van der Waals surface area contributed by atoms with Crippen LogP contribution in [0.1, 0.15) is 12.6 Å². The van der Waals surface area contributed by atoms with Crippen molar-refractivity contribution in [3.8, 4) is 0 Å². The van der Waals surface area contributed by atoms with Crippen LogP contribution in [0.4, 0.5) is 11.5 Å². The van der Waals surface area contributed by atoms with Crippen molar-refractivity contribution in [2.75, 3.05) is 17.2 Å². The highest BCUT2D eigenvalue weighted by Crippen LogP contribution is 2.19. The van der Waals surface area contributed by atoms with E-state index < -0.39 is 15.9 Å². The van der Waals surface area contributed by atoms with E-state index in [1.54, 1.807) is 0 Å². The highest BCUT2D eigenvalue weighted by Gasteiger charge is 2.13. The zero-order chi connectivity index (χ0) is 11.6. The van der Waals surface area contributed by atoms with Crippen LogP contribution in [0.3, 0.4) is 0 Å². The van der Waals surface area contributed by atoms with Crippen LogP contribution in [0.2, 0.25) is 0 Å². The fourth-order valence-corrected chi connectivity index (χ4v) is 1.69. The molecule has 0 unspecified atom stereocenters. The molecule has 0 radical (unpaired) electrons. The second-order valence-electron chi connectivity index (χ2n) is 3.11. The molecule has 0 aliphatic carbocycles. The number of hydrogen-bond acceptors (Lipinski definition) is 5. The van der Waals surface area contributed by atoms with Crippen molar-refractivity contribution >= 4 is 21.6 Å². The average molecular weight is 234 g/mol. The van der Waals surface area contributed by atoms with E-state index in [1.807, 2.05) is 6.92 Å². The highest BCUT2D eigenvalue weighted by atomic mass is 32.2. The van der Waals surface area contributed by atoms with Gasteiger partial charge in [-0.05, 0) is 6.42 Å². The Morgan fingerprint density at radius 3 is 2.53 bits per heavy atom. The zero-order valence-corrected chi connectivity index (χ0v) is 9.16. The number of hydrogen-bond donors (Lipinski definition) is 3. The second kappa shape index (κ2) is 4.07. The third kappa shape index (κ3) is 2.83. The molecule has 86 valence electrons. The first-order valence-corrected chi connectivity index (χ1v) is 6.02. The highest BCUT2D eigenvalue weighted by molar-refractivity contribution is 7.85. The lowest BCUT2D eigenvalue weighted by molar-refractivity contribution is 0.474. The van der Waals surface area contributed by atoms with Crippen molar-refractivity contribution in [3.05, 3.63) is 5.69 Å². The predicted molar refractivity (Wildman–Crippen MR) is 56.8 cm³/mol. The van der Waals surface area contributed by atoms with Gasteiger partial charge in [0.2, 0.25) is 0 Å². The topological polar surface area (TPSA) is 124 Å². The lowest BCUT2D eigenvalue weighted by Crippen LogP contribution is -2.14. The molecule has 0 aliphatic rings. The van der Waals surface area contributed by atoms with Crippen molar-refractivity contribution < 1.29 is 13.0 Å². The summed E-state index contributed by atoms with van der Waals surface area (Å²) < 4.78 is 31.1. The van der Waals surface area contributed by atoms with Crippen LogP contribution in [0.15, 0.2) is 0 Å². The van der Waals surface area contributed by atoms with E-state index >= 15 is 0 Å². The van der Waals surface area contributed by atoms with E-state index in [4.69, 9.17) is 16.0 Å². The van der Waals surface area contributed by atoms with Gasteiger partial charge in [-0.2, -0.15) is 13.5 Å². The van der Waals surface area contributed by atoms with Crippen molar-refractivity contribution in [1.82, 2.24) is 9.78 Å². The molecule has 8 heteroatoms. The van der Waals surface area contributed by atoms with Gasteiger partial charge in [0.15, 0.2) is 5.82 Å². The molecule has 0 amide bonds. The zero-order valence-electron chi connectivity index (χ0n) is 8.34. The van der Waals surface area contributed by atoms with E-state index in [0.29, 0.717) is 17.8 Å². The smallest absolute Gasteiger partial charge is 0.266 e. The minimum absolute atomic E-state index is 0.0450. The van der Waals surface area contributed by atoms with E-state index in [0.717, 1.165) is 0 Å². The van der Waals surface area contributed by atoms with Crippen molar-refractivity contribution in [2.45, 2.75) is 19.9 Å². The van der Waals surface area contributed by atoms with Gasteiger partial charge in [0.1, 0.15) is 0 Å². The van der Waals surface area contributed by atoms with Crippen molar-refractivity contribution in [1.29, 1.82) is 0 Å². The average Bonchev–Trinajstić information content (AvgIpc) is 2.38. The van der Waals surface area contributed by atoms with Crippen LogP contribution < -0.4 is 11.5 Å². The molecular weight excluding hydrogens is 220 g/mol. The fourth-order valence-electron chi connectivity index (χ4n) is 1.29. The van der Waals surface area contributed by atoms with Crippen molar-refractivity contribution in [3.63, 3.8) is 0 Å². The number of nitrogens with two attached hydrogens (primary N) is 2. The van der Waals surface area contributed by atoms with Gasteiger partial charge in [-0.15, -0.1) is 0 Å². The lowest BCUT2D eigenvalue weighted by atomic mass is 10.3. The number of rotatable bonds is 4. The molecule has 0 aromatic carbocycles. The van der Waals surface area contributed by atoms with Gasteiger partial charge in [-0.3, -0.25) is 9.23 Å². The summed E-state index contributed by atoms with van der Waals surface area (Å²) >= 11 is 0. The third-order valence-electron chi connectivity index (χ3n) is 2.02. The fraction of sp³-hybridized carbons (Fsp3) is 0.571. The predicted octanol–water partition coefficient (Wildman–Crippen LogP) is -0.502. The molecule has 1 rings (SSSR count). The van der Waals surface area contributed by atoms with Crippen LogP contribution in [-0.2, 0) is 23.1 Å². The Balaban J connectivity index is 2.91. The standard InChI is InChI=1S/C7H14N4O3S/c1-2-5-6(8)7(9)10-11(5)3-4-15(12,13)14/h2-4,8H2,1H3,(H2,9,10)(H,12,13,14). The molecule has 15 heavy (non-hydrogen) atoms. The SMILES string of the molecule is CCc1c(N)c(N)nn1CCS(=O)(=O)O. The quantitative estimate of drug-likeness (QED) is 0.603. The van der Waals surface area contributed by atoms with Gasteiger partial charge in [0, 0.05) is 0 Å². The Kier molecular flexibility index (Phi) is 3.20. The van der Waals surface area contributed by atoms with E-state index in [2.05, 4.69) is 5.10 Å². The van der Waals surface area contributed by atoms with Gasteiger partial charge in [0.05, 0.1) is 23.7 Å². The molecule has 0 atom stereocenters. The Morgan fingerprint density at radius 1 is 1.47 bits per heavy atom. The van der Waals surface area contributed by atoms with E-state index in [1.165, 1.54) is 4.68 Å². The maximum Gasteiger partial charge on any atom is 0.266 e. The Hall–Kier alpha value is -1.28. The maximum atomic E-state index is 10.5. The van der Waals surface area contributed by atoms with Crippen LogP contribution >= 0.6 is 0 Å². The molecule has 1 heterocycles. The maximum absolute atomic E-state index is 10.5. The Morgan fingerprint density at radius 2 is 2.07 bits per heavy atom. The molecular formula is C7H14N4O3S. The van der Waals surface area contributed by atoms with Crippen LogP contribution in [0.5, 0.6) is 0 Å². The molecule has 0 bridgehead atoms. The van der Waals surface area contributed by atoms with Crippen LogP contribution in [0.25, 0.3) is 0 Å². The summed E-state index contributed by atoms with van der Waals surface area (Å²) in [6.45, 7) is 1.90. The summed E-state index contributed by atoms with van der Waals surface area (Å²) in [5.74, 6) is -0.220. The third-order valence-corrected chi connectivity index (χ3v) is 2.72. The van der Waals surface area contributed by atoms with Crippen LogP contribution in [0, 0.1) is 0 Å². The molecule has 0 fully saturated rings. The number of nitrogens with zero attached hydrogens (tertiary/aromatic N) is 2. The van der Waals surface area contributed by atoms with E-state index in [-0.39, 0.29) is 12.4 Å². The summed E-state index contributed by atoms with van der Waals surface area (Å²) in [5, 5.41) is 3.88. The Bertz CT molecular complexity index is 451. The van der Waals surface area contributed by atoms with Gasteiger partial charge in [-0.25, -0.2) is 0 Å². The molecule has 0 aliphatic heterocycles. The van der Waals surface area contributed by atoms with Gasteiger partial charge in [0.25, 0.3) is 10.1 Å². The molecule has 0 saturated carbocycles. The summed E-state index contributed by atoms with van der Waals surface area (Å²) in [7, 11) is -3.99. The molecule has 1 aromatic heterocycles. The molecule has 7 nitrogen and oxygen atoms in total. The van der Waals surface area contributed by atoms with Crippen LogP contribution in [-0.4, -0.2) is 28.5 Å². The minimum atomic E-state index is -3.99. The normalized spacial score (nSPS) is 11.9. The first-order valence-electron chi connectivity index (χ1n) is 4.41. The Labute approximate surface area is 87.8 Å². The van der Waals surface area contributed by atoms with Gasteiger partial charge >= 0.3 is 0 Å². The monoisotopic (exact) mass is 234 g/mol. The largest absolute Gasteiger partial charge is 0.394 e. The molecule has 5 N–H and O–H groups in total. The van der Waals surface area contributed by atoms with Gasteiger partial charge in [-0.1, -0.05) is 6.92 Å². The van der Waals surface area contributed by atoms with Gasteiger partial charge < -0.3 is 11.5 Å². The second-order valence-corrected chi connectivity index (χ2v) is 4.68. The summed E-state index contributed by atoms with van der Waals surface area (Å²) in [5.41, 5.74) is 12.2. The number of aryl methyl sites for hydroxylation is 1. The minimum Gasteiger partial charge on any atom is -0.394 e. The summed E-state index contributed by atoms with van der Waals surface area (Å²) in [6.07, 6.45) is 0.599.